The van der Waals surface area contributed by atoms with E-state index in [1.165, 1.54) is 4.90 Å². The minimum absolute atomic E-state index is 0.0657. The fourth-order valence-electron chi connectivity index (χ4n) is 2.03. The molecule has 0 radical (unpaired) electrons. The molecule has 0 aliphatic rings. The van der Waals surface area contributed by atoms with Crippen molar-refractivity contribution in [2.75, 3.05) is 13.6 Å². The number of benzene rings is 1. The third kappa shape index (κ3) is 5.39. The quantitative estimate of drug-likeness (QED) is 0.877. The van der Waals surface area contributed by atoms with Gasteiger partial charge in [-0.3, -0.25) is 0 Å². The summed E-state index contributed by atoms with van der Waals surface area (Å²) in [5.74, 6) is 0. The number of nitrogens with zero attached hydrogens (tertiary/aromatic N) is 1. The topological polar surface area (TPSA) is 52.6 Å². The molecule has 0 bridgehead atoms. The number of halogens is 1. The zero-order valence-electron chi connectivity index (χ0n) is 12.5. The highest BCUT2D eigenvalue weighted by Gasteiger charge is 2.21. The molecular formula is C15H23ClN2O2. The van der Waals surface area contributed by atoms with E-state index >= 15 is 0 Å². The largest absolute Gasteiger partial charge is 0.389 e. The lowest BCUT2D eigenvalue weighted by atomic mass is 10.0. The van der Waals surface area contributed by atoms with Crippen LogP contribution in [0.4, 0.5) is 4.79 Å². The summed E-state index contributed by atoms with van der Waals surface area (Å²) in [6.07, 6.45) is 0.781. The van der Waals surface area contributed by atoms with E-state index in [1.807, 2.05) is 31.2 Å². The van der Waals surface area contributed by atoms with E-state index in [0.29, 0.717) is 5.02 Å². The van der Waals surface area contributed by atoms with Crippen LogP contribution in [0.2, 0.25) is 5.02 Å². The Morgan fingerprint density at radius 1 is 1.40 bits per heavy atom. The number of carbonyl (C=O) groups excluding carboxylic acids is 1. The van der Waals surface area contributed by atoms with Crippen molar-refractivity contribution in [1.29, 1.82) is 0 Å². The van der Waals surface area contributed by atoms with Gasteiger partial charge >= 0.3 is 6.03 Å². The molecule has 2 N–H and O–H groups in total. The maximum atomic E-state index is 12.1. The molecule has 1 atom stereocenters. The molecule has 20 heavy (non-hydrogen) atoms. The van der Waals surface area contributed by atoms with Gasteiger partial charge in [-0.15, -0.1) is 0 Å². The molecule has 0 heterocycles. The van der Waals surface area contributed by atoms with Gasteiger partial charge in [-0.2, -0.15) is 0 Å². The van der Waals surface area contributed by atoms with E-state index in [2.05, 4.69) is 5.32 Å². The summed E-state index contributed by atoms with van der Waals surface area (Å²) in [6.45, 7) is 5.63. The average molecular weight is 299 g/mol. The summed E-state index contributed by atoms with van der Waals surface area (Å²) >= 11 is 5.87. The molecule has 1 unspecified atom stereocenters. The highest BCUT2D eigenvalue weighted by Crippen LogP contribution is 2.19. The van der Waals surface area contributed by atoms with Crippen LogP contribution in [0.15, 0.2) is 24.3 Å². The number of amides is 2. The second-order valence-electron chi connectivity index (χ2n) is 5.63. The van der Waals surface area contributed by atoms with Crippen LogP contribution in [-0.4, -0.2) is 35.2 Å². The first kappa shape index (κ1) is 16.8. The van der Waals surface area contributed by atoms with Gasteiger partial charge in [0, 0.05) is 12.1 Å². The first-order chi connectivity index (χ1) is 9.23. The van der Waals surface area contributed by atoms with Crippen LogP contribution in [0.1, 0.15) is 38.8 Å². The van der Waals surface area contributed by atoms with Crippen molar-refractivity contribution in [3.8, 4) is 0 Å². The maximum Gasteiger partial charge on any atom is 0.317 e. The average Bonchev–Trinajstić information content (AvgIpc) is 2.34. The zero-order valence-corrected chi connectivity index (χ0v) is 13.2. The van der Waals surface area contributed by atoms with Crippen molar-refractivity contribution in [2.45, 2.75) is 38.8 Å². The van der Waals surface area contributed by atoms with Crippen molar-refractivity contribution >= 4 is 17.6 Å². The zero-order chi connectivity index (χ0) is 15.3. The first-order valence-electron chi connectivity index (χ1n) is 6.72. The van der Waals surface area contributed by atoms with Crippen molar-refractivity contribution in [3.63, 3.8) is 0 Å². The molecular weight excluding hydrogens is 276 g/mol. The van der Waals surface area contributed by atoms with Gasteiger partial charge < -0.3 is 15.3 Å². The van der Waals surface area contributed by atoms with Crippen molar-refractivity contribution in [2.24, 2.45) is 0 Å². The summed E-state index contributed by atoms with van der Waals surface area (Å²) in [5.41, 5.74) is 0.107. The molecule has 4 nitrogen and oxygen atoms in total. The number of nitrogens with one attached hydrogen (secondary N) is 1. The molecule has 112 valence electrons. The van der Waals surface area contributed by atoms with Crippen LogP contribution in [0.25, 0.3) is 0 Å². The number of aliphatic hydroxyl groups is 1. The predicted molar refractivity (Wildman–Crippen MR) is 81.9 cm³/mol. The fraction of sp³-hybridized carbons (Fsp3) is 0.533. The van der Waals surface area contributed by atoms with Crippen LogP contribution in [0.3, 0.4) is 0 Å². The van der Waals surface area contributed by atoms with Gasteiger partial charge in [0.05, 0.1) is 18.2 Å². The van der Waals surface area contributed by atoms with Gasteiger partial charge in [-0.05, 0) is 38.0 Å². The SMILES string of the molecule is CCC(NC(=O)N(C)CC(C)(C)O)c1ccc(Cl)cc1. The van der Waals surface area contributed by atoms with Crippen LogP contribution < -0.4 is 5.32 Å². The first-order valence-corrected chi connectivity index (χ1v) is 7.10. The summed E-state index contributed by atoms with van der Waals surface area (Å²) < 4.78 is 0. The molecule has 1 aromatic carbocycles. The van der Waals surface area contributed by atoms with Gasteiger partial charge in [0.25, 0.3) is 0 Å². The lowest BCUT2D eigenvalue weighted by Gasteiger charge is -2.28. The van der Waals surface area contributed by atoms with Crippen LogP contribution >= 0.6 is 11.6 Å². The van der Waals surface area contributed by atoms with Crippen LogP contribution in [0.5, 0.6) is 0 Å². The number of hydrogen-bond acceptors (Lipinski definition) is 2. The van der Waals surface area contributed by atoms with E-state index < -0.39 is 5.60 Å². The number of hydrogen-bond donors (Lipinski definition) is 2. The Hall–Kier alpha value is -1.26. The standard InChI is InChI=1S/C15H23ClN2O2/c1-5-13(11-6-8-12(16)9-7-11)17-14(19)18(4)10-15(2,3)20/h6-9,13,20H,5,10H2,1-4H3,(H,17,19). The summed E-state index contributed by atoms with van der Waals surface area (Å²) in [5, 5.41) is 13.4. The number of urea groups is 1. The Morgan fingerprint density at radius 2 is 1.95 bits per heavy atom. The number of rotatable bonds is 5. The Balaban J connectivity index is 2.68. The Labute approximate surface area is 125 Å². The molecule has 0 aliphatic heterocycles. The lowest BCUT2D eigenvalue weighted by molar-refractivity contribution is 0.0527. The maximum absolute atomic E-state index is 12.1. The summed E-state index contributed by atoms with van der Waals surface area (Å²) in [6, 6.07) is 7.18. The van der Waals surface area contributed by atoms with Gasteiger partial charge in [0.1, 0.15) is 0 Å². The van der Waals surface area contributed by atoms with Gasteiger partial charge in [-0.1, -0.05) is 30.7 Å². The highest BCUT2D eigenvalue weighted by molar-refractivity contribution is 6.30. The molecule has 0 aliphatic carbocycles. The number of carbonyl (C=O) groups is 1. The van der Waals surface area contributed by atoms with E-state index in [9.17, 15) is 9.90 Å². The van der Waals surface area contributed by atoms with E-state index in [4.69, 9.17) is 11.6 Å². The number of likely N-dealkylation sites (N-methyl/N-ethyl adjacent to an activating group) is 1. The highest BCUT2D eigenvalue weighted by atomic mass is 35.5. The molecule has 0 spiro atoms. The summed E-state index contributed by atoms with van der Waals surface area (Å²) in [7, 11) is 1.67. The van der Waals surface area contributed by atoms with Gasteiger partial charge in [0.2, 0.25) is 0 Å². The molecule has 1 aromatic rings. The fourth-order valence-corrected chi connectivity index (χ4v) is 2.15. The molecule has 0 aromatic heterocycles. The summed E-state index contributed by atoms with van der Waals surface area (Å²) in [4.78, 5) is 13.6. The Morgan fingerprint density at radius 3 is 2.40 bits per heavy atom. The second-order valence-corrected chi connectivity index (χ2v) is 6.07. The van der Waals surface area contributed by atoms with E-state index in [-0.39, 0.29) is 18.6 Å². The molecule has 2 amide bonds. The second kappa shape index (κ2) is 6.95. The molecule has 0 saturated carbocycles. The normalized spacial score (nSPS) is 12.9. The monoisotopic (exact) mass is 298 g/mol. The predicted octanol–water partition coefficient (Wildman–Crippen LogP) is 3.20. The minimum atomic E-state index is -0.909. The van der Waals surface area contributed by atoms with E-state index in [1.54, 1.807) is 20.9 Å². The molecule has 0 saturated heterocycles. The third-order valence-corrected chi connectivity index (χ3v) is 3.20. The van der Waals surface area contributed by atoms with Crippen molar-refractivity contribution < 1.29 is 9.90 Å². The van der Waals surface area contributed by atoms with Crippen LogP contribution in [0, 0.1) is 0 Å². The smallest absolute Gasteiger partial charge is 0.317 e. The van der Waals surface area contributed by atoms with Crippen LogP contribution in [-0.2, 0) is 0 Å². The van der Waals surface area contributed by atoms with Crippen molar-refractivity contribution in [1.82, 2.24) is 10.2 Å². The Bertz CT molecular complexity index is 440. The molecule has 0 fully saturated rings. The third-order valence-electron chi connectivity index (χ3n) is 2.95. The molecule has 1 rings (SSSR count). The minimum Gasteiger partial charge on any atom is -0.389 e. The lowest BCUT2D eigenvalue weighted by Crippen LogP contribution is -2.45. The Kier molecular flexibility index (Phi) is 5.84. The van der Waals surface area contributed by atoms with Gasteiger partial charge in [-0.25, -0.2) is 4.79 Å². The van der Waals surface area contributed by atoms with Gasteiger partial charge in [0.15, 0.2) is 0 Å². The van der Waals surface area contributed by atoms with Crippen molar-refractivity contribution in [3.05, 3.63) is 34.9 Å². The van der Waals surface area contributed by atoms with E-state index in [0.717, 1.165) is 12.0 Å². The molecule has 5 heteroatoms.